The zero-order valence-corrected chi connectivity index (χ0v) is 19.4. The Morgan fingerprint density at radius 1 is 1.19 bits per heavy atom. The van der Waals surface area contributed by atoms with Gasteiger partial charge in [0.05, 0.1) is 0 Å². The minimum absolute atomic E-state index is 0.0620. The molecule has 4 aliphatic carbocycles. The van der Waals surface area contributed by atoms with Crippen LogP contribution in [0.5, 0.6) is 0 Å². The second-order valence-corrected chi connectivity index (χ2v) is 16.8. The van der Waals surface area contributed by atoms with Gasteiger partial charge in [0.25, 0.3) is 5.91 Å². The molecule has 4 nitrogen and oxygen atoms in total. The number of nitrogens with one attached hydrogen (secondary N) is 1. The molecular weight excluding hydrogens is 420 g/mol. The van der Waals surface area contributed by atoms with Crippen LogP contribution >= 0.6 is 15.9 Å². The van der Waals surface area contributed by atoms with Gasteiger partial charge in [0.2, 0.25) is 0 Å². The van der Waals surface area contributed by atoms with E-state index in [-0.39, 0.29) is 5.91 Å². The fourth-order valence-electron chi connectivity index (χ4n) is 5.70. The topological polar surface area (TPSA) is 43.3 Å². The lowest BCUT2D eigenvalue weighted by Gasteiger charge is -2.54. The van der Waals surface area contributed by atoms with E-state index in [0.717, 1.165) is 29.0 Å². The maximum Gasteiger partial charge on any atom is 0.268 e. The van der Waals surface area contributed by atoms with E-state index in [0.29, 0.717) is 30.3 Å². The second-order valence-electron chi connectivity index (χ2n) is 10.3. The van der Waals surface area contributed by atoms with Gasteiger partial charge in [0.15, 0.2) is 0 Å². The highest BCUT2D eigenvalue weighted by Crippen LogP contribution is 2.53. The van der Waals surface area contributed by atoms with Crippen molar-refractivity contribution < 1.29 is 9.53 Å². The zero-order chi connectivity index (χ0) is 19.2. The number of amides is 1. The molecular formula is C21H33BrN2O2Si. The van der Waals surface area contributed by atoms with E-state index in [1.807, 2.05) is 16.8 Å². The molecule has 6 heteroatoms. The lowest BCUT2D eigenvalue weighted by molar-refractivity contribution is -0.0122. The molecule has 0 saturated heterocycles. The van der Waals surface area contributed by atoms with Crippen molar-refractivity contribution in [1.82, 2.24) is 9.88 Å². The van der Waals surface area contributed by atoms with Crippen molar-refractivity contribution >= 4 is 29.9 Å². The summed E-state index contributed by atoms with van der Waals surface area (Å²) >= 11 is 3.53. The van der Waals surface area contributed by atoms with Gasteiger partial charge < -0.3 is 14.6 Å². The van der Waals surface area contributed by atoms with Crippen LogP contribution in [-0.2, 0) is 11.5 Å². The predicted octanol–water partition coefficient (Wildman–Crippen LogP) is 5.12. The maximum atomic E-state index is 13.1. The summed E-state index contributed by atoms with van der Waals surface area (Å²) in [5.41, 5.74) is 0.712. The fourth-order valence-corrected chi connectivity index (χ4v) is 6.92. The molecule has 0 spiro atoms. The van der Waals surface area contributed by atoms with Crippen molar-refractivity contribution in [2.24, 2.45) is 23.7 Å². The average Bonchev–Trinajstić information content (AvgIpc) is 2.94. The predicted molar refractivity (Wildman–Crippen MR) is 115 cm³/mol. The first-order valence-corrected chi connectivity index (χ1v) is 15.0. The molecule has 1 N–H and O–H groups in total. The van der Waals surface area contributed by atoms with E-state index in [1.165, 1.54) is 32.1 Å². The Balaban J connectivity index is 1.37. The van der Waals surface area contributed by atoms with Crippen LogP contribution in [0.2, 0.25) is 25.7 Å². The van der Waals surface area contributed by atoms with Gasteiger partial charge in [-0.25, -0.2) is 0 Å². The zero-order valence-electron chi connectivity index (χ0n) is 16.8. The van der Waals surface area contributed by atoms with E-state index >= 15 is 0 Å². The summed E-state index contributed by atoms with van der Waals surface area (Å²) < 4.78 is 8.76. The molecule has 0 aromatic carbocycles. The van der Waals surface area contributed by atoms with Crippen molar-refractivity contribution in [3.63, 3.8) is 0 Å². The van der Waals surface area contributed by atoms with Gasteiger partial charge in [-0.2, -0.15) is 0 Å². The van der Waals surface area contributed by atoms with Crippen molar-refractivity contribution in [3.8, 4) is 0 Å². The van der Waals surface area contributed by atoms with Gasteiger partial charge in [-0.05, 0) is 83.8 Å². The van der Waals surface area contributed by atoms with Crippen LogP contribution in [0, 0.1) is 23.7 Å². The fraction of sp³-hybridized carbons (Fsp3) is 0.762. The third-order valence-corrected chi connectivity index (χ3v) is 8.98. The van der Waals surface area contributed by atoms with Crippen LogP contribution < -0.4 is 5.32 Å². The highest BCUT2D eigenvalue weighted by Gasteiger charge is 2.48. The summed E-state index contributed by atoms with van der Waals surface area (Å²) in [6.45, 7) is 8.27. The molecule has 27 heavy (non-hydrogen) atoms. The Hall–Kier alpha value is -0.593. The molecule has 4 bridgehead atoms. The first-order chi connectivity index (χ1) is 12.8. The van der Waals surface area contributed by atoms with Gasteiger partial charge >= 0.3 is 0 Å². The van der Waals surface area contributed by atoms with Crippen molar-refractivity contribution in [2.75, 3.05) is 6.61 Å². The second kappa shape index (κ2) is 7.67. The summed E-state index contributed by atoms with van der Waals surface area (Å²) in [4.78, 5) is 13.1. The van der Waals surface area contributed by atoms with Gasteiger partial charge in [-0.15, -0.1) is 0 Å². The number of nitrogens with zero attached hydrogens (tertiary/aromatic N) is 1. The number of halogens is 1. The van der Waals surface area contributed by atoms with Crippen LogP contribution in [0.3, 0.4) is 0 Å². The molecule has 5 rings (SSSR count). The molecule has 1 aromatic rings. The van der Waals surface area contributed by atoms with Gasteiger partial charge in [0.1, 0.15) is 12.4 Å². The maximum absolute atomic E-state index is 13.1. The minimum atomic E-state index is -1.09. The molecule has 1 aromatic heterocycles. The van der Waals surface area contributed by atoms with Crippen LogP contribution in [0.1, 0.15) is 42.6 Å². The number of ether oxygens (including phenoxy) is 1. The average molecular weight is 453 g/mol. The Labute approximate surface area is 172 Å². The number of rotatable bonds is 7. The Bertz CT molecular complexity index is 669. The lowest BCUT2D eigenvalue weighted by atomic mass is 9.54. The molecule has 4 aliphatic rings. The lowest BCUT2D eigenvalue weighted by Crippen LogP contribution is -2.56. The van der Waals surface area contributed by atoms with Crippen LogP contribution in [-0.4, -0.2) is 31.2 Å². The normalized spacial score (nSPS) is 32.1. The van der Waals surface area contributed by atoms with Crippen molar-refractivity contribution in [2.45, 2.75) is 70.6 Å². The van der Waals surface area contributed by atoms with Crippen LogP contribution in [0.4, 0.5) is 0 Å². The van der Waals surface area contributed by atoms with Gasteiger partial charge in [-0.3, -0.25) is 4.79 Å². The standard InChI is InChI=1S/C21H33BrN2O2Si/c1-27(2,3)5-4-26-13-24-12-18(22)11-19(24)21(25)23-20-16-7-14-6-15(9-16)10-17(20)8-14/h11-12,14-17,20H,4-10,13H2,1-3H3,(H,23,25). The summed E-state index contributed by atoms with van der Waals surface area (Å²) in [5.74, 6) is 3.32. The molecule has 4 fully saturated rings. The SMILES string of the molecule is C[Si](C)(C)CCOCn1cc(Br)cc1C(=O)NC1C2CC3CC(C2)CC1C3. The Morgan fingerprint density at radius 3 is 2.41 bits per heavy atom. The first-order valence-electron chi connectivity index (χ1n) is 10.5. The molecule has 4 saturated carbocycles. The number of carbonyl (C=O) groups excluding carboxylic acids is 1. The quantitative estimate of drug-likeness (QED) is 0.460. The van der Waals surface area contributed by atoms with Gasteiger partial charge in [0, 0.05) is 31.4 Å². The van der Waals surface area contributed by atoms with Crippen LogP contribution in [0.15, 0.2) is 16.7 Å². The largest absolute Gasteiger partial charge is 0.361 e. The third-order valence-electron chi connectivity index (χ3n) is 6.85. The summed E-state index contributed by atoms with van der Waals surface area (Å²) in [6, 6.07) is 3.44. The minimum Gasteiger partial charge on any atom is -0.361 e. The van der Waals surface area contributed by atoms with Gasteiger partial charge in [-0.1, -0.05) is 19.6 Å². The molecule has 0 atom stereocenters. The highest BCUT2D eigenvalue weighted by atomic mass is 79.9. The van der Waals surface area contributed by atoms with E-state index in [2.05, 4.69) is 40.9 Å². The van der Waals surface area contributed by atoms with E-state index in [1.54, 1.807) is 0 Å². The molecule has 1 amide bonds. The summed E-state index contributed by atoms with van der Waals surface area (Å²) in [5, 5.41) is 3.42. The number of hydrogen-bond acceptors (Lipinski definition) is 2. The van der Waals surface area contributed by atoms with E-state index in [9.17, 15) is 4.79 Å². The number of aromatic nitrogens is 1. The highest BCUT2D eigenvalue weighted by molar-refractivity contribution is 9.10. The van der Waals surface area contributed by atoms with Crippen LogP contribution in [0.25, 0.3) is 0 Å². The Kier molecular flexibility index (Phi) is 5.60. The number of hydrogen-bond donors (Lipinski definition) is 1. The van der Waals surface area contributed by atoms with E-state index < -0.39 is 8.07 Å². The molecule has 0 aliphatic heterocycles. The first kappa shape index (κ1) is 19.7. The monoisotopic (exact) mass is 452 g/mol. The summed E-state index contributed by atoms with van der Waals surface area (Å²) in [6.07, 6.45) is 8.69. The third kappa shape index (κ3) is 4.53. The number of carbonyl (C=O) groups is 1. The van der Waals surface area contributed by atoms with E-state index in [4.69, 9.17) is 4.74 Å². The van der Waals surface area contributed by atoms with Crippen molar-refractivity contribution in [1.29, 1.82) is 0 Å². The molecule has 1 heterocycles. The molecule has 0 unspecified atom stereocenters. The Morgan fingerprint density at radius 2 is 1.81 bits per heavy atom. The molecule has 0 radical (unpaired) electrons. The summed E-state index contributed by atoms with van der Waals surface area (Å²) in [7, 11) is -1.09. The van der Waals surface area contributed by atoms with Crippen molar-refractivity contribution in [3.05, 3.63) is 22.4 Å². The molecule has 150 valence electrons. The smallest absolute Gasteiger partial charge is 0.268 e.